The number of carbonyl (C=O) groups excluding carboxylic acids is 1. The van der Waals surface area contributed by atoms with Gasteiger partial charge in [-0.25, -0.2) is 0 Å². The molecule has 0 radical (unpaired) electrons. The summed E-state index contributed by atoms with van der Waals surface area (Å²) in [5, 5.41) is 6.18. The molecule has 0 saturated carbocycles. The third-order valence-corrected chi connectivity index (χ3v) is 3.83. The molecule has 1 aromatic carbocycles. The maximum absolute atomic E-state index is 12.5. The predicted molar refractivity (Wildman–Crippen MR) is 99.7 cm³/mol. The highest BCUT2D eigenvalue weighted by molar-refractivity contribution is 6.03. The number of hydrogen-bond donors (Lipinski definition) is 2. The van der Waals surface area contributed by atoms with E-state index < -0.39 is 0 Å². The van der Waals surface area contributed by atoms with Gasteiger partial charge >= 0.3 is 0 Å². The highest BCUT2D eigenvalue weighted by Crippen LogP contribution is 2.18. The van der Waals surface area contributed by atoms with Crippen LogP contribution in [0.3, 0.4) is 0 Å². The summed E-state index contributed by atoms with van der Waals surface area (Å²) in [4.78, 5) is 20.9. The summed E-state index contributed by atoms with van der Waals surface area (Å²) in [5.74, 6) is -0.227. The van der Waals surface area contributed by atoms with Gasteiger partial charge in [-0.1, -0.05) is 18.2 Å². The third kappa shape index (κ3) is 4.41. The van der Waals surface area contributed by atoms with Crippen molar-refractivity contribution in [3.8, 4) is 0 Å². The van der Waals surface area contributed by atoms with Crippen LogP contribution in [0.15, 0.2) is 60.9 Å². The molecule has 2 heterocycles. The molecule has 0 aliphatic heterocycles. The molecule has 0 saturated heterocycles. The lowest BCUT2D eigenvalue weighted by Crippen LogP contribution is -2.15. The molecule has 0 unspecified atom stereocenters. The SMILES string of the molecule is Cc1ccc(C)c(NC(=O)c2cc(NCc3ccccn3)ccn2)c1. The largest absolute Gasteiger partial charge is 0.379 e. The first-order valence-corrected chi connectivity index (χ1v) is 8.10. The van der Waals surface area contributed by atoms with Gasteiger partial charge < -0.3 is 10.6 Å². The van der Waals surface area contributed by atoms with Crippen LogP contribution >= 0.6 is 0 Å². The molecule has 126 valence electrons. The predicted octanol–water partition coefficient (Wildman–Crippen LogP) is 3.96. The van der Waals surface area contributed by atoms with E-state index in [1.165, 1.54) is 0 Å². The number of rotatable bonds is 5. The fourth-order valence-electron chi connectivity index (χ4n) is 2.42. The van der Waals surface area contributed by atoms with Gasteiger partial charge in [0.1, 0.15) is 5.69 Å². The summed E-state index contributed by atoms with van der Waals surface area (Å²) in [6, 6.07) is 15.3. The number of aryl methyl sites for hydroxylation is 2. The lowest BCUT2D eigenvalue weighted by atomic mass is 10.1. The first-order chi connectivity index (χ1) is 12.1. The molecule has 1 amide bonds. The Balaban J connectivity index is 1.70. The zero-order valence-electron chi connectivity index (χ0n) is 14.3. The number of hydrogen-bond acceptors (Lipinski definition) is 4. The van der Waals surface area contributed by atoms with Gasteiger partial charge in [0.2, 0.25) is 0 Å². The molecule has 2 N–H and O–H groups in total. The third-order valence-electron chi connectivity index (χ3n) is 3.83. The summed E-state index contributed by atoms with van der Waals surface area (Å²) in [5.41, 5.74) is 5.04. The van der Waals surface area contributed by atoms with Gasteiger partial charge in [-0.2, -0.15) is 0 Å². The molecule has 0 spiro atoms. The molecule has 2 aromatic heterocycles. The van der Waals surface area contributed by atoms with E-state index in [0.717, 1.165) is 28.2 Å². The fourth-order valence-corrected chi connectivity index (χ4v) is 2.42. The van der Waals surface area contributed by atoms with Crippen molar-refractivity contribution in [1.82, 2.24) is 9.97 Å². The molecule has 5 heteroatoms. The topological polar surface area (TPSA) is 66.9 Å². The van der Waals surface area contributed by atoms with Gasteiger partial charge in [-0.05, 0) is 55.3 Å². The minimum Gasteiger partial charge on any atom is -0.379 e. The van der Waals surface area contributed by atoms with Crippen LogP contribution < -0.4 is 10.6 Å². The summed E-state index contributed by atoms with van der Waals surface area (Å²) in [6.07, 6.45) is 3.38. The van der Waals surface area contributed by atoms with Crippen molar-refractivity contribution < 1.29 is 4.79 Å². The lowest BCUT2D eigenvalue weighted by Gasteiger charge is -2.10. The first-order valence-electron chi connectivity index (χ1n) is 8.10. The van der Waals surface area contributed by atoms with E-state index in [-0.39, 0.29) is 5.91 Å². The van der Waals surface area contributed by atoms with Crippen molar-refractivity contribution in [2.45, 2.75) is 20.4 Å². The molecule has 3 aromatic rings. The van der Waals surface area contributed by atoms with Crippen LogP contribution in [-0.4, -0.2) is 15.9 Å². The Kier molecular flexibility index (Phi) is 5.04. The molecule has 3 rings (SSSR count). The number of aromatic nitrogens is 2. The van der Waals surface area contributed by atoms with E-state index in [2.05, 4.69) is 20.6 Å². The molecule has 0 atom stereocenters. The van der Waals surface area contributed by atoms with Crippen molar-refractivity contribution in [3.63, 3.8) is 0 Å². The van der Waals surface area contributed by atoms with Crippen LogP contribution in [-0.2, 0) is 6.54 Å². The normalized spacial score (nSPS) is 10.3. The molecule has 0 bridgehead atoms. The maximum atomic E-state index is 12.5. The second-order valence-corrected chi connectivity index (χ2v) is 5.88. The van der Waals surface area contributed by atoms with Crippen LogP contribution in [0.4, 0.5) is 11.4 Å². The molecule has 0 fully saturated rings. The van der Waals surface area contributed by atoms with Crippen LogP contribution in [0.25, 0.3) is 0 Å². The molecule has 0 aliphatic carbocycles. The van der Waals surface area contributed by atoms with Gasteiger partial charge in [0.25, 0.3) is 5.91 Å². The lowest BCUT2D eigenvalue weighted by molar-refractivity contribution is 0.102. The zero-order chi connectivity index (χ0) is 17.6. The highest BCUT2D eigenvalue weighted by Gasteiger charge is 2.10. The molecule has 0 aliphatic rings. The van der Waals surface area contributed by atoms with Crippen molar-refractivity contribution in [2.75, 3.05) is 10.6 Å². The molecule has 25 heavy (non-hydrogen) atoms. The second-order valence-electron chi connectivity index (χ2n) is 5.88. The first kappa shape index (κ1) is 16.6. The Morgan fingerprint density at radius 2 is 1.88 bits per heavy atom. The van der Waals surface area contributed by atoms with Crippen LogP contribution in [0.5, 0.6) is 0 Å². The number of nitrogens with one attached hydrogen (secondary N) is 2. The van der Waals surface area contributed by atoms with Crippen molar-refractivity contribution >= 4 is 17.3 Å². The number of amides is 1. The van der Waals surface area contributed by atoms with Crippen LogP contribution in [0, 0.1) is 13.8 Å². The monoisotopic (exact) mass is 332 g/mol. The van der Waals surface area contributed by atoms with E-state index in [1.807, 2.05) is 56.3 Å². The summed E-state index contributed by atoms with van der Waals surface area (Å²) >= 11 is 0. The minimum atomic E-state index is -0.227. The van der Waals surface area contributed by atoms with Gasteiger partial charge in [0, 0.05) is 23.8 Å². The average Bonchev–Trinajstić information content (AvgIpc) is 2.64. The van der Waals surface area contributed by atoms with Crippen LogP contribution in [0.1, 0.15) is 27.3 Å². The number of benzene rings is 1. The van der Waals surface area contributed by atoms with Crippen molar-refractivity contribution in [2.24, 2.45) is 0 Å². The number of carbonyl (C=O) groups is 1. The Morgan fingerprint density at radius 1 is 1.00 bits per heavy atom. The number of nitrogens with zero attached hydrogens (tertiary/aromatic N) is 2. The van der Waals surface area contributed by atoms with Crippen LogP contribution in [0.2, 0.25) is 0 Å². The quantitative estimate of drug-likeness (QED) is 0.742. The molecular weight excluding hydrogens is 312 g/mol. The molecular formula is C20H20N4O. The Bertz CT molecular complexity index is 878. The van der Waals surface area contributed by atoms with Gasteiger partial charge in [0.05, 0.1) is 12.2 Å². The number of anilines is 2. The Hall–Kier alpha value is -3.21. The van der Waals surface area contributed by atoms with Crippen molar-refractivity contribution in [3.05, 3.63) is 83.4 Å². The summed E-state index contributed by atoms with van der Waals surface area (Å²) in [6.45, 7) is 4.55. The standard InChI is InChI=1S/C20H20N4O/c1-14-6-7-15(2)18(11-14)24-20(25)19-12-16(8-10-22-19)23-13-17-5-3-4-9-21-17/h3-12H,13H2,1-2H3,(H,22,23)(H,24,25). The smallest absolute Gasteiger partial charge is 0.274 e. The van der Waals surface area contributed by atoms with E-state index >= 15 is 0 Å². The number of pyridine rings is 2. The van der Waals surface area contributed by atoms with Crippen molar-refractivity contribution in [1.29, 1.82) is 0 Å². The van der Waals surface area contributed by atoms with E-state index in [1.54, 1.807) is 18.5 Å². The highest BCUT2D eigenvalue weighted by atomic mass is 16.1. The zero-order valence-corrected chi connectivity index (χ0v) is 14.3. The molecule has 5 nitrogen and oxygen atoms in total. The Morgan fingerprint density at radius 3 is 2.68 bits per heavy atom. The summed E-state index contributed by atoms with van der Waals surface area (Å²) < 4.78 is 0. The minimum absolute atomic E-state index is 0.227. The van der Waals surface area contributed by atoms with E-state index in [0.29, 0.717) is 12.2 Å². The Labute approximate surface area is 147 Å². The summed E-state index contributed by atoms with van der Waals surface area (Å²) in [7, 11) is 0. The van der Waals surface area contributed by atoms with Gasteiger partial charge in [-0.3, -0.25) is 14.8 Å². The van der Waals surface area contributed by atoms with E-state index in [4.69, 9.17) is 0 Å². The van der Waals surface area contributed by atoms with E-state index in [9.17, 15) is 4.79 Å². The van der Waals surface area contributed by atoms with Gasteiger partial charge in [0.15, 0.2) is 0 Å². The fraction of sp³-hybridized carbons (Fsp3) is 0.150. The second kappa shape index (κ2) is 7.57. The average molecular weight is 332 g/mol. The van der Waals surface area contributed by atoms with Gasteiger partial charge in [-0.15, -0.1) is 0 Å². The maximum Gasteiger partial charge on any atom is 0.274 e.